The fourth-order valence-electron chi connectivity index (χ4n) is 1.86. The third-order valence-electron chi connectivity index (χ3n) is 3.16. The van der Waals surface area contributed by atoms with E-state index in [2.05, 4.69) is 34.8 Å². The lowest BCUT2D eigenvalue weighted by Gasteiger charge is -2.20. The number of hydrogen-bond acceptors (Lipinski definition) is 5. The molecule has 0 saturated carbocycles. The van der Waals surface area contributed by atoms with Gasteiger partial charge in [0.25, 0.3) is 0 Å². The van der Waals surface area contributed by atoms with E-state index in [9.17, 15) is 5.11 Å². The Morgan fingerprint density at radius 1 is 1.05 bits per heavy atom. The molecule has 0 bridgehead atoms. The number of rotatable bonds is 13. The fourth-order valence-corrected chi connectivity index (χ4v) is 1.86. The van der Waals surface area contributed by atoms with Crippen LogP contribution < -0.4 is 27.4 Å². The molecule has 7 heteroatoms. The minimum atomic E-state index is -0.486. The highest BCUT2D eigenvalue weighted by Crippen LogP contribution is 2.08. The van der Waals surface area contributed by atoms with Gasteiger partial charge in [0, 0.05) is 38.8 Å². The highest BCUT2D eigenvalue weighted by molar-refractivity contribution is 5.75. The molecule has 2 atom stereocenters. The monoisotopic (exact) mass is 302 g/mol. The molecule has 0 aromatic carbocycles. The highest BCUT2D eigenvalue weighted by Gasteiger charge is 2.12. The first-order chi connectivity index (χ1) is 9.93. The summed E-state index contributed by atoms with van der Waals surface area (Å²) in [5, 5.41) is 19.7. The standard InChI is InChI=1S/C14H34N6O/c1-11(2)18-9-7-17-8-10-19-13(21)12(3)5-4-6-20-14(15)16/h11-13,17-19,21H,4-10H2,1-3H3,(H4,15,16,20). The average Bonchev–Trinajstić information content (AvgIpc) is 2.41. The summed E-state index contributed by atoms with van der Waals surface area (Å²) < 4.78 is 0. The Morgan fingerprint density at radius 3 is 2.24 bits per heavy atom. The van der Waals surface area contributed by atoms with Gasteiger partial charge in [0.2, 0.25) is 0 Å². The Kier molecular flexibility index (Phi) is 12.3. The van der Waals surface area contributed by atoms with Crippen LogP contribution in [0, 0.1) is 5.92 Å². The SMILES string of the molecule is CC(C)NCCNCCNC(O)C(C)CCCN=C(N)N. The van der Waals surface area contributed by atoms with E-state index in [1.807, 2.05) is 6.92 Å². The lowest BCUT2D eigenvalue weighted by molar-refractivity contribution is 0.0785. The molecule has 21 heavy (non-hydrogen) atoms. The van der Waals surface area contributed by atoms with Crippen molar-refractivity contribution >= 4 is 5.96 Å². The Hall–Kier alpha value is -0.890. The summed E-state index contributed by atoms with van der Waals surface area (Å²) in [5.74, 6) is 0.307. The van der Waals surface area contributed by atoms with Crippen molar-refractivity contribution in [3.63, 3.8) is 0 Å². The molecule has 0 spiro atoms. The number of guanidine groups is 1. The number of hydrogen-bond donors (Lipinski definition) is 6. The molecule has 0 aliphatic heterocycles. The molecule has 8 N–H and O–H groups in total. The molecule has 0 heterocycles. The summed E-state index contributed by atoms with van der Waals surface area (Å²) in [6, 6.07) is 0.520. The quantitative estimate of drug-likeness (QED) is 0.114. The van der Waals surface area contributed by atoms with E-state index in [4.69, 9.17) is 11.5 Å². The van der Waals surface area contributed by atoms with Crippen molar-refractivity contribution in [2.75, 3.05) is 32.7 Å². The van der Waals surface area contributed by atoms with Crippen molar-refractivity contribution in [2.45, 2.75) is 45.9 Å². The average molecular weight is 302 g/mol. The lowest BCUT2D eigenvalue weighted by atomic mass is 10.0. The Balaban J connectivity index is 3.47. The lowest BCUT2D eigenvalue weighted by Crippen LogP contribution is -2.40. The van der Waals surface area contributed by atoms with Gasteiger partial charge in [-0.3, -0.25) is 10.3 Å². The molecule has 0 saturated heterocycles. The summed E-state index contributed by atoms with van der Waals surface area (Å²) in [4.78, 5) is 3.93. The van der Waals surface area contributed by atoms with Crippen molar-refractivity contribution in [1.29, 1.82) is 0 Å². The molecular weight excluding hydrogens is 268 g/mol. The van der Waals surface area contributed by atoms with Crippen molar-refractivity contribution in [3.05, 3.63) is 0 Å². The molecule has 0 amide bonds. The number of nitrogens with one attached hydrogen (secondary N) is 3. The minimum Gasteiger partial charge on any atom is -0.378 e. The van der Waals surface area contributed by atoms with E-state index in [1.165, 1.54) is 0 Å². The van der Waals surface area contributed by atoms with Gasteiger partial charge in [0.15, 0.2) is 5.96 Å². The molecule has 0 fully saturated rings. The maximum absolute atomic E-state index is 9.97. The van der Waals surface area contributed by atoms with E-state index in [1.54, 1.807) is 0 Å². The molecule has 0 aromatic heterocycles. The van der Waals surface area contributed by atoms with Crippen molar-refractivity contribution in [2.24, 2.45) is 22.4 Å². The Morgan fingerprint density at radius 2 is 1.67 bits per heavy atom. The minimum absolute atomic E-state index is 0.124. The molecule has 126 valence electrons. The first-order valence-corrected chi connectivity index (χ1v) is 7.84. The molecular formula is C14H34N6O. The van der Waals surface area contributed by atoms with Gasteiger partial charge >= 0.3 is 0 Å². The number of aliphatic hydroxyl groups is 1. The topological polar surface area (TPSA) is 121 Å². The predicted octanol–water partition coefficient (Wildman–Crippen LogP) is -0.828. The molecule has 2 unspecified atom stereocenters. The second-order valence-electron chi connectivity index (χ2n) is 5.68. The van der Waals surface area contributed by atoms with Crippen LogP contribution in [0.3, 0.4) is 0 Å². The Bertz CT molecular complexity index is 268. The molecule has 7 nitrogen and oxygen atoms in total. The molecule has 0 aliphatic rings. The molecule has 0 rings (SSSR count). The summed E-state index contributed by atoms with van der Waals surface area (Å²) in [5.41, 5.74) is 10.5. The third-order valence-corrected chi connectivity index (χ3v) is 3.16. The van der Waals surface area contributed by atoms with Crippen LogP contribution in [0.25, 0.3) is 0 Å². The van der Waals surface area contributed by atoms with Gasteiger partial charge in [-0.1, -0.05) is 20.8 Å². The zero-order valence-electron chi connectivity index (χ0n) is 13.7. The van der Waals surface area contributed by atoms with Crippen LogP contribution in [-0.4, -0.2) is 56.1 Å². The number of nitrogens with two attached hydrogens (primary N) is 2. The van der Waals surface area contributed by atoms with Gasteiger partial charge < -0.3 is 27.2 Å². The van der Waals surface area contributed by atoms with E-state index in [-0.39, 0.29) is 11.9 Å². The van der Waals surface area contributed by atoms with Gasteiger partial charge in [0.1, 0.15) is 6.23 Å². The van der Waals surface area contributed by atoms with Gasteiger partial charge in [-0.25, -0.2) is 0 Å². The first kappa shape index (κ1) is 20.1. The summed E-state index contributed by atoms with van der Waals surface area (Å²) >= 11 is 0. The van der Waals surface area contributed by atoms with Crippen molar-refractivity contribution in [3.8, 4) is 0 Å². The zero-order valence-corrected chi connectivity index (χ0v) is 13.7. The maximum atomic E-state index is 9.97. The van der Waals surface area contributed by atoms with Crippen LogP contribution in [0.5, 0.6) is 0 Å². The van der Waals surface area contributed by atoms with Gasteiger partial charge in [-0.2, -0.15) is 0 Å². The normalized spacial score (nSPS) is 14.1. The molecule has 0 aliphatic carbocycles. The number of aliphatic imine (C=N–C) groups is 1. The third kappa shape index (κ3) is 13.8. The maximum Gasteiger partial charge on any atom is 0.185 e. The molecule has 0 aromatic rings. The first-order valence-electron chi connectivity index (χ1n) is 7.84. The van der Waals surface area contributed by atoms with Crippen LogP contribution in [-0.2, 0) is 0 Å². The van der Waals surface area contributed by atoms with E-state index >= 15 is 0 Å². The zero-order chi connectivity index (χ0) is 16.1. The van der Waals surface area contributed by atoms with Gasteiger partial charge in [-0.15, -0.1) is 0 Å². The van der Waals surface area contributed by atoms with Crippen molar-refractivity contribution < 1.29 is 5.11 Å². The summed E-state index contributed by atoms with van der Waals surface area (Å²) in [6.07, 6.45) is 1.27. The molecule has 0 radical (unpaired) electrons. The highest BCUT2D eigenvalue weighted by atomic mass is 16.3. The van der Waals surface area contributed by atoms with Crippen LogP contribution in [0.15, 0.2) is 4.99 Å². The van der Waals surface area contributed by atoms with Crippen LogP contribution in [0.2, 0.25) is 0 Å². The van der Waals surface area contributed by atoms with Gasteiger partial charge in [0.05, 0.1) is 0 Å². The van der Waals surface area contributed by atoms with E-state index < -0.39 is 6.23 Å². The second-order valence-corrected chi connectivity index (χ2v) is 5.68. The summed E-state index contributed by atoms with van der Waals surface area (Å²) in [6.45, 7) is 10.4. The number of aliphatic hydroxyl groups excluding tert-OH is 1. The Labute approximate surface area is 129 Å². The fraction of sp³-hybridized carbons (Fsp3) is 0.929. The van der Waals surface area contributed by atoms with Gasteiger partial charge in [-0.05, 0) is 18.8 Å². The summed E-state index contributed by atoms with van der Waals surface area (Å²) in [7, 11) is 0. The van der Waals surface area contributed by atoms with E-state index in [0.29, 0.717) is 12.6 Å². The largest absolute Gasteiger partial charge is 0.378 e. The van der Waals surface area contributed by atoms with Crippen molar-refractivity contribution in [1.82, 2.24) is 16.0 Å². The number of nitrogens with zero attached hydrogens (tertiary/aromatic N) is 1. The second kappa shape index (κ2) is 12.8. The van der Waals surface area contributed by atoms with Crippen LogP contribution in [0.4, 0.5) is 0 Å². The van der Waals surface area contributed by atoms with Crippen LogP contribution in [0.1, 0.15) is 33.6 Å². The predicted molar refractivity (Wildman–Crippen MR) is 89.1 cm³/mol. The van der Waals surface area contributed by atoms with E-state index in [0.717, 1.165) is 39.0 Å². The smallest absolute Gasteiger partial charge is 0.185 e. The van der Waals surface area contributed by atoms with Crippen LogP contribution >= 0.6 is 0 Å².